The van der Waals surface area contributed by atoms with Crippen LogP contribution in [0.5, 0.6) is 5.75 Å². The van der Waals surface area contributed by atoms with E-state index in [0.29, 0.717) is 0 Å². The normalized spacial score (nSPS) is 12.7. The van der Waals surface area contributed by atoms with Gasteiger partial charge in [0.25, 0.3) is 0 Å². The molecule has 2 amide bonds. The maximum Gasteiger partial charge on any atom is 0.239 e. The van der Waals surface area contributed by atoms with Gasteiger partial charge in [-0.3, -0.25) is 9.59 Å². The summed E-state index contributed by atoms with van der Waals surface area (Å²) in [6.07, 6.45) is 0. The summed E-state index contributed by atoms with van der Waals surface area (Å²) in [6, 6.07) is 7.52. The Morgan fingerprint density at radius 1 is 1.13 bits per heavy atom. The summed E-state index contributed by atoms with van der Waals surface area (Å²) in [7, 11) is 1.62. The predicted octanol–water partition coefficient (Wildman–Crippen LogP) is 2.67. The molecule has 1 aromatic carbocycles. The lowest BCUT2D eigenvalue weighted by Crippen LogP contribution is -2.43. The molecule has 0 heterocycles. The molecule has 1 unspecified atom stereocenters. The van der Waals surface area contributed by atoms with Gasteiger partial charge >= 0.3 is 0 Å². The molecule has 128 valence electrons. The molecule has 0 fully saturated rings. The van der Waals surface area contributed by atoms with Crippen LogP contribution in [-0.2, 0) is 9.59 Å². The lowest BCUT2D eigenvalue weighted by atomic mass is 9.95. The van der Waals surface area contributed by atoms with Gasteiger partial charge < -0.3 is 15.4 Å². The van der Waals surface area contributed by atoms with Gasteiger partial charge in [-0.1, -0.05) is 46.8 Å². The number of carbonyl (C=O) groups excluding carboxylic acids is 2. The van der Waals surface area contributed by atoms with Crippen molar-refractivity contribution in [2.75, 3.05) is 13.7 Å². The number of methoxy groups -OCH3 is 1. The Balaban J connectivity index is 2.68. The third-order valence-electron chi connectivity index (χ3n) is 3.55. The van der Waals surface area contributed by atoms with Gasteiger partial charge in [0.15, 0.2) is 0 Å². The largest absolute Gasteiger partial charge is 0.497 e. The highest BCUT2D eigenvalue weighted by Gasteiger charge is 2.23. The Morgan fingerprint density at radius 2 is 1.70 bits per heavy atom. The van der Waals surface area contributed by atoms with Crippen molar-refractivity contribution < 1.29 is 14.3 Å². The molecule has 0 aliphatic carbocycles. The Kier molecular flexibility index (Phi) is 6.61. The zero-order valence-corrected chi connectivity index (χ0v) is 14.9. The monoisotopic (exact) mass is 320 g/mol. The van der Waals surface area contributed by atoms with Crippen molar-refractivity contribution in [2.24, 2.45) is 11.3 Å². The maximum absolute atomic E-state index is 12.1. The molecule has 0 aliphatic heterocycles. The zero-order valence-electron chi connectivity index (χ0n) is 14.9. The van der Waals surface area contributed by atoms with Crippen molar-refractivity contribution in [1.29, 1.82) is 0 Å². The molecular weight excluding hydrogens is 292 g/mol. The van der Waals surface area contributed by atoms with Crippen LogP contribution in [0.15, 0.2) is 24.3 Å². The molecule has 1 rings (SSSR count). The lowest BCUT2D eigenvalue weighted by Gasteiger charge is -2.24. The highest BCUT2D eigenvalue weighted by Crippen LogP contribution is 2.23. The number of nitrogens with one attached hydrogen (secondary N) is 2. The number of amides is 2. The Morgan fingerprint density at radius 3 is 2.13 bits per heavy atom. The molecule has 0 bridgehead atoms. The molecule has 0 saturated carbocycles. The summed E-state index contributed by atoms with van der Waals surface area (Å²) in [5.74, 6) is 0.668. The highest BCUT2D eigenvalue weighted by molar-refractivity contribution is 5.87. The summed E-state index contributed by atoms with van der Waals surface area (Å²) in [6.45, 7) is 9.51. The van der Waals surface area contributed by atoms with Crippen LogP contribution in [0.2, 0.25) is 0 Å². The van der Waals surface area contributed by atoms with Crippen LogP contribution in [0.4, 0.5) is 0 Å². The first-order chi connectivity index (χ1) is 10.6. The topological polar surface area (TPSA) is 67.4 Å². The minimum Gasteiger partial charge on any atom is -0.497 e. The highest BCUT2D eigenvalue weighted by atomic mass is 16.5. The number of rotatable bonds is 6. The van der Waals surface area contributed by atoms with E-state index in [9.17, 15) is 9.59 Å². The Hall–Kier alpha value is -2.04. The van der Waals surface area contributed by atoms with Crippen molar-refractivity contribution >= 4 is 11.8 Å². The molecule has 0 aromatic heterocycles. The Labute approximate surface area is 138 Å². The van der Waals surface area contributed by atoms with Gasteiger partial charge in [-0.2, -0.15) is 0 Å². The van der Waals surface area contributed by atoms with Crippen LogP contribution in [0, 0.1) is 11.3 Å². The molecule has 0 saturated heterocycles. The molecule has 5 heteroatoms. The van der Waals surface area contributed by atoms with Crippen molar-refractivity contribution in [3.05, 3.63) is 29.8 Å². The molecular formula is C18H28N2O3. The summed E-state index contributed by atoms with van der Waals surface area (Å²) < 4.78 is 5.15. The molecule has 1 atom stereocenters. The predicted molar refractivity (Wildman–Crippen MR) is 91.2 cm³/mol. The van der Waals surface area contributed by atoms with Gasteiger partial charge in [-0.15, -0.1) is 0 Å². The maximum atomic E-state index is 12.1. The minimum atomic E-state index is -0.506. The van der Waals surface area contributed by atoms with E-state index in [2.05, 4.69) is 10.6 Å². The van der Waals surface area contributed by atoms with Crippen molar-refractivity contribution in [3.63, 3.8) is 0 Å². The van der Waals surface area contributed by atoms with Crippen LogP contribution in [-0.4, -0.2) is 25.5 Å². The fraction of sp³-hybridized carbons (Fsp3) is 0.556. The summed E-state index contributed by atoms with van der Waals surface area (Å²) in [5, 5.41) is 5.65. The van der Waals surface area contributed by atoms with Crippen LogP contribution < -0.4 is 15.4 Å². The molecule has 0 radical (unpaired) electrons. The van der Waals surface area contributed by atoms with Crippen LogP contribution in [0.3, 0.4) is 0 Å². The van der Waals surface area contributed by atoms with E-state index in [0.717, 1.165) is 11.3 Å². The van der Waals surface area contributed by atoms with E-state index < -0.39 is 5.41 Å². The van der Waals surface area contributed by atoms with E-state index in [1.807, 2.05) is 58.9 Å². The van der Waals surface area contributed by atoms with Crippen LogP contribution in [0.1, 0.15) is 46.2 Å². The van der Waals surface area contributed by atoms with Crippen molar-refractivity contribution in [1.82, 2.24) is 10.6 Å². The molecule has 2 N–H and O–H groups in total. The quantitative estimate of drug-likeness (QED) is 0.847. The summed E-state index contributed by atoms with van der Waals surface area (Å²) in [4.78, 5) is 24.0. The summed E-state index contributed by atoms with van der Waals surface area (Å²) >= 11 is 0. The SMILES string of the molecule is COc1ccc(C(NC(=O)CNC(=O)C(C)(C)C)C(C)C)cc1. The van der Waals surface area contributed by atoms with Crippen molar-refractivity contribution in [2.45, 2.75) is 40.7 Å². The molecule has 0 spiro atoms. The second-order valence-corrected chi connectivity index (χ2v) is 7.00. The Bertz CT molecular complexity index is 530. The first-order valence-electron chi connectivity index (χ1n) is 7.86. The van der Waals surface area contributed by atoms with E-state index in [4.69, 9.17) is 4.74 Å². The van der Waals surface area contributed by atoms with Gasteiger partial charge in [0.05, 0.1) is 19.7 Å². The first kappa shape index (κ1) is 19.0. The number of hydrogen-bond acceptors (Lipinski definition) is 3. The molecule has 5 nitrogen and oxygen atoms in total. The van der Waals surface area contributed by atoms with Crippen LogP contribution >= 0.6 is 0 Å². The zero-order chi connectivity index (χ0) is 17.6. The fourth-order valence-corrected chi connectivity index (χ4v) is 2.10. The van der Waals surface area contributed by atoms with Crippen LogP contribution in [0.25, 0.3) is 0 Å². The number of ether oxygens (including phenoxy) is 1. The smallest absolute Gasteiger partial charge is 0.239 e. The van der Waals surface area contributed by atoms with Crippen molar-refractivity contribution in [3.8, 4) is 5.75 Å². The minimum absolute atomic E-state index is 0.0184. The lowest BCUT2D eigenvalue weighted by molar-refractivity contribution is -0.131. The fourth-order valence-electron chi connectivity index (χ4n) is 2.10. The molecule has 1 aromatic rings. The van der Waals surface area contributed by atoms with Gasteiger partial charge in [-0.05, 0) is 23.6 Å². The van der Waals surface area contributed by atoms with E-state index >= 15 is 0 Å². The standard InChI is InChI=1S/C18H28N2O3/c1-12(2)16(13-7-9-14(23-6)10-8-13)20-15(21)11-19-17(22)18(3,4)5/h7-10,12,16H,11H2,1-6H3,(H,19,22)(H,20,21). The summed E-state index contributed by atoms with van der Waals surface area (Å²) in [5.41, 5.74) is 0.504. The molecule has 23 heavy (non-hydrogen) atoms. The third kappa shape index (κ3) is 5.93. The first-order valence-corrected chi connectivity index (χ1v) is 7.86. The van der Waals surface area contributed by atoms with E-state index in [-0.39, 0.29) is 30.3 Å². The van der Waals surface area contributed by atoms with Gasteiger partial charge in [-0.25, -0.2) is 0 Å². The second kappa shape index (κ2) is 7.99. The average molecular weight is 320 g/mol. The molecule has 0 aliphatic rings. The van der Waals surface area contributed by atoms with Gasteiger partial charge in [0, 0.05) is 5.41 Å². The van der Waals surface area contributed by atoms with E-state index in [1.54, 1.807) is 7.11 Å². The van der Waals surface area contributed by atoms with Gasteiger partial charge in [0.2, 0.25) is 11.8 Å². The number of hydrogen-bond donors (Lipinski definition) is 2. The van der Waals surface area contributed by atoms with E-state index in [1.165, 1.54) is 0 Å². The van der Waals surface area contributed by atoms with Gasteiger partial charge in [0.1, 0.15) is 5.75 Å². The second-order valence-electron chi connectivity index (χ2n) is 7.00. The number of benzene rings is 1. The third-order valence-corrected chi connectivity index (χ3v) is 3.55. The number of carbonyl (C=O) groups is 2. The average Bonchev–Trinajstić information content (AvgIpc) is 2.49.